The fraction of sp³-hybridized carbons (Fsp3) is 0.214. The largest absolute Gasteiger partial charge is 0.407 e. The van der Waals surface area contributed by atoms with Crippen molar-refractivity contribution in [3.63, 3.8) is 0 Å². The molecule has 0 aliphatic heterocycles. The van der Waals surface area contributed by atoms with Crippen LogP contribution >= 0.6 is 0 Å². The summed E-state index contributed by atoms with van der Waals surface area (Å²) in [5, 5.41) is 0. The van der Waals surface area contributed by atoms with Gasteiger partial charge in [-0.15, -0.1) is 0 Å². The van der Waals surface area contributed by atoms with E-state index in [0.29, 0.717) is 24.5 Å². The zero-order valence-electron chi connectivity index (χ0n) is 10.2. The maximum atomic E-state index is 11.2. The highest BCUT2D eigenvalue weighted by Crippen LogP contribution is 2.10. The van der Waals surface area contributed by atoms with Gasteiger partial charge in [0.05, 0.1) is 0 Å². The topological polar surface area (TPSA) is 52.1 Å². The summed E-state index contributed by atoms with van der Waals surface area (Å²) in [6, 6.07) is 11.5. The fourth-order valence-corrected chi connectivity index (χ4v) is 1.49. The predicted molar refractivity (Wildman–Crippen MR) is 67.2 cm³/mol. The molecule has 1 heterocycles. The molecule has 1 aromatic heterocycles. The first-order valence-corrected chi connectivity index (χ1v) is 5.84. The molecule has 2 aromatic rings. The molecule has 0 aliphatic carbocycles. The highest BCUT2D eigenvalue weighted by atomic mass is 16.5. The molecule has 2 rings (SSSR count). The number of ether oxygens (including phenoxy) is 1. The van der Waals surface area contributed by atoms with Crippen LogP contribution in [0.4, 0.5) is 0 Å². The third kappa shape index (κ3) is 3.38. The van der Waals surface area contributed by atoms with Gasteiger partial charge in [-0.05, 0) is 5.56 Å². The summed E-state index contributed by atoms with van der Waals surface area (Å²) >= 11 is 0. The SMILES string of the molecule is CCC(=O)Oc1ccnc(Cc2ccccc2)n1. The lowest BCUT2D eigenvalue weighted by Gasteiger charge is -2.04. The van der Waals surface area contributed by atoms with Crippen molar-refractivity contribution in [2.24, 2.45) is 0 Å². The van der Waals surface area contributed by atoms with Gasteiger partial charge in [0.15, 0.2) is 0 Å². The van der Waals surface area contributed by atoms with Gasteiger partial charge in [-0.3, -0.25) is 4.79 Å². The molecule has 18 heavy (non-hydrogen) atoms. The predicted octanol–water partition coefficient (Wildman–Crippen LogP) is 2.38. The Balaban J connectivity index is 2.10. The average molecular weight is 242 g/mol. The first-order chi connectivity index (χ1) is 8.78. The van der Waals surface area contributed by atoms with Gasteiger partial charge in [0, 0.05) is 25.1 Å². The normalized spacial score (nSPS) is 10.1. The van der Waals surface area contributed by atoms with E-state index in [1.165, 1.54) is 0 Å². The second kappa shape index (κ2) is 5.91. The van der Waals surface area contributed by atoms with Gasteiger partial charge in [0.25, 0.3) is 0 Å². The molecule has 0 N–H and O–H groups in total. The van der Waals surface area contributed by atoms with E-state index < -0.39 is 0 Å². The zero-order chi connectivity index (χ0) is 12.8. The lowest BCUT2D eigenvalue weighted by Crippen LogP contribution is -2.08. The van der Waals surface area contributed by atoms with Crippen molar-refractivity contribution >= 4 is 5.97 Å². The Hall–Kier alpha value is -2.23. The van der Waals surface area contributed by atoms with Gasteiger partial charge in [0.1, 0.15) is 5.82 Å². The van der Waals surface area contributed by atoms with E-state index in [9.17, 15) is 4.79 Å². The van der Waals surface area contributed by atoms with Crippen LogP contribution in [0.5, 0.6) is 5.88 Å². The van der Waals surface area contributed by atoms with Crippen LogP contribution in [0.25, 0.3) is 0 Å². The number of esters is 1. The second-order valence-electron chi connectivity index (χ2n) is 3.80. The quantitative estimate of drug-likeness (QED) is 0.772. The van der Waals surface area contributed by atoms with Crippen LogP contribution in [0, 0.1) is 0 Å². The van der Waals surface area contributed by atoms with Gasteiger partial charge >= 0.3 is 5.97 Å². The van der Waals surface area contributed by atoms with Crippen LogP contribution in [0.15, 0.2) is 42.6 Å². The fourth-order valence-electron chi connectivity index (χ4n) is 1.49. The van der Waals surface area contributed by atoms with E-state index in [4.69, 9.17) is 4.74 Å². The van der Waals surface area contributed by atoms with E-state index in [0.717, 1.165) is 5.56 Å². The van der Waals surface area contributed by atoms with Crippen LogP contribution in [0.1, 0.15) is 24.7 Å². The van der Waals surface area contributed by atoms with Gasteiger partial charge in [-0.25, -0.2) is 4.98 Å². The molecule has 0 unspecified atom stereocenters. The molecule has 0 saturated carbocycles. The minimum absolute atomic E-state index is 0.292. The Kier molecular flexibility index (Phi) is 4.02. The smallest absolute Gasteiger partial charge is 0.312 e. The molecule has 4 heteroatoms. The van der Waals surface area contributed by atoms with Gasteiger partial charge in [-0.2, -0.15) is 4.98 Å². The molecule has 92 valence electrons. The van der Waals surface area contributed by atoms with Gasteiger partial charge in [0.2, 0.25) is 5.88 Å². The van der Waals surface area contributed by atoms with Crippen molar-refractivity contribution in [3.8, 4) is 5.88 Å². The standard InChI is InChI=1S/C14H14N2O2/c1-2-14(17)18-13-8-9-15-12(16-13)10-11-6-4-3-5-7-11/h3-9H,2,10H2,1H3. The summed E-state index contributed by atoms with van der Waals surface area (Å²) in [7, 11) is 0. The number of rotatable bonds is 4. The molecule has 0 saturated heterocycles. The maximum Gasteiger partial charge on any atom is 0.312 e. The molecule has 0 amide bonds. The zero-order valence-corrected chi connectivity index (χ0v) is 10.2. The van der Waals surface area contributed by atoms with Gasteiger partial charge in [-0.1, -0.05) is 37.3 Å². The van der Waals surface area contributed by atoms with E-state index in [-0.39, 0.29) is 5.97 Å². The first-order valence-electron chi connectivity index (χ1n) is 5.84. The van der Waals surface area contributed by atoms with Crippen molar-refractivity contribution in [2.75, 3.05) is 0 Å². The number of carbonyl (C=O) groups excluding carboxylic acids is 1. The summed E-state index contributed by atoms with van der Waals surface area (Å²) < 4.78 is 5.05. The lowest BCUT2D eigenvalue weighted by molar-refractivity contribution is -0.134. The molecule has 4 nitrogen and oxygen atoms in total. The van der Waals surface area contributed by atoms with E-state index in [1.807, 2.05) is 30.3 Å². The molecule has 0 aliphatic rings. The molecule has 0 bridgehead atoms. The highest BCUT2D eigenvalue weighted by Gasteiger charge is 2.05. The maximum absolute atomic E-state index is 11.2. The van der Waals surface area contributed by atoms with Crippen molar-refractivity contribution in [1.29, 1.82) is 0 Å². The molecular weight excluding hydrogens is 228 g/mol. The molecule has 0 radical (unpaired) electrons. The summed E-state index contributed by atoms with van der Waals surface area (Å²) in [5.41, 5.74) is 1.12. The van der Waals surface area contributed by atoms with E-state index >= 15 is 0 Å². The number of nitrogens with zero attached hydrogens (tertiary/aromatic N) is 2. The number of hydrogen-bond donors (Lipinski definition) is 0. The number of aromatic nitrogens is 2. The first kappa shape index (κ1) is 12.2. The molecule has 0 fully saturated rings. The minimum Gasteiger partial charge on any atom is -0.407 e. The van der Waals surface area contributed by atoms with Crippen LogP contribution < -0.4 is 4.74 Å². The molecule has 1 aromatic carbocycles. The Labute approximate surface area is 106 Å². The Morgan fingerprint density at radius 1 is 1.22 bits per heavy atom. The van der Waals surface area contributed by atoms with Crippen LogP contribution in [-0.2, 0) is 11.2 Å². The van der Waals surface area contributed by atoms with Crippen LogP contribution in [0.2, 0.25) is 0 Å². The van der Waals surface area contributed by atoms with Crippen molar-refractivity contribution in [1.82, 2.24) is 9.97 Å². The summed E-state index contributed by atoms with van der Waals surface area (Å²) in [6.07, 6.45) is 2.56. The minimum atomic E-state index is -0.292. The molecular formula is C14H14N2O2. The van der Waals surface area contributed by atoms with E-state index in [1.54, 1.807) is 19.2 Å². The number of carbonyl (C=O) groups is 1. The summed E-state index contributed by atoms with van der Waals surface area (Å²) in [5.74, 6) is 0.657. The second-order valence-corrected chi connectivity index (χ2v) is 3.80. The monoisotopic (exact) mass is 242 g/mol. The van der Waals surface area contributed by atoms with Crippen LogP contribution in [0.3, 0.4) is 0 Å². The average Bonchev–Trinajstić information content (AvgIpc) is 2.40. The van der Waals surface area contributed by atoms with Crippen molar-refractivity contribution in [3.05, 3.63) is 54.0 Å². The van der Waals surface area contributed by atoms with Crippen LogP contribution in [-0.4, -0.2) is 15.9 Å². The summed E-state index contributed by atoms with van der Waals surface area (Å²) in [6.45, 7) is 1.74. The van der Waals surface area contributed by atoms with E-state index in [2.05, 4.69) is 9.97 Å². The third-order valence-electron chi connectivity index (χ3n) is 2.39. The Morgan fingerprint density at radius 3 is 2.72 bits per heavy atom. The number of benzene rings is 1. The molecule has 0 spiro atoms. The summed E-state index contributed by atoms with van der Waals surface area (Å²) in [4.78, 5) is 19.5. The number of hydrogen-bond acceptors (Lipinski definition) is 4. The Morgan fingerprint density at radius 2 is 2.00 bits per heavy atom. The third-order valence-corrected chi connectivity index (χ3v) is 2.39. The Bertz CT molecular complexity index is 526. The molecule has 0 atom stereocenters. The van der Waals surface area contributed by atoms with Crippen molar-refractivity contribution < 1.29 is 9.53 Å². The highest BCUT2D eigenvalue weighted by molar-refractivity contribution is 5.71. The lowest BCUT2D eigenvalue weighted by atomic mass is 10.1. The van der Waals surface area contributed by atoms with Crippen molar-refractivity contribution in [2.45, 2.75) is 19.8 Å². The van der Waals surface area contributed by atoms with Gasteiger partial charge < -0.3 is 4.74 Å².